The van der Waals surface area contributed by atoms with E-state index in [0.29, 0.717) is 12.0 Å². The standard InChI is InChI=1S/C19H18N2O4/c1-21-14-7-3-2-5-10(14)12-9-13(19(24)25)20-16(17(12)21)11-6-4-8-15(22)18(11)23/h2-8,13,16,20,22-23H,9H2,1H3,(H,24,25)/t13-,16?/m1/s1. The molecule has 0 bridgehead atoms. The molecule has 128 valence electrons. The summed E-state index contributed by atoms with van der Waals surface area (Å²) in [6.45, 7) is 0. The van der Waals surface area contributed by atoms with E-state index in [9.17, 15) is 20.1 Å². The first-order valence-corrected chi connectivity index (χ1v) is 8.05. The maximum absolute atomic E-state index is 11.7. The van der Waals surface area contributed by atoms with Gasteiger partial charge in [-0.15, -0.1) is 0 Å². The number of rotatable bonds is 2. The summed E-state index contributed by atoms with van der Waals surface area (Å²) in [6, 6.07) is 11.3. The fourth-order valence-corrected chi connectivity index (χ4v) is 3.79. The summed E-state index contributed by atoms with van der Waals surface area (Å²) in [7, 11) is 1.93. The summed E-state index contributed by atoms with van der Waals surface area (Å²) in [6.07, 6.45) is 0.363. The Balaban J connectivity index is 2.00. The monoisotopic (exact) mass is 338 g/mol. The lowest BCUT2D eigenvalue weighted by molar-refractivity contribution is -0.139. The fourth-order valence-electron chi connectivity index (χ4n) is 3.79. The van der Waals surface area contributed by atoms with Crippen molar-refractivity contribution in [3.63, 3.8) is 0 Å². The maximum atomic E-state index is 11.7. The van der Waals surface area contributed by atoms with Crippen molar-refractivity contribution in [3.8, 4) is 11.5 Å². The van der Waals surface area contributed by atoms with Gasteiger partial charge in [-0.2, -0.15) is 0 Å². The number of aryl methyl sites for hydroxylation is 1. The van der Waals surface area contributed by atoms with Gasteiger partial charge in [0, 0.05) is 35.6 Å². The molecule has 2 aromatic carbocycles. The van der Waals surface area contributed by atoms with Crippen LogP contribution in [0.25, 0.3) is 10.9 Å². The number of aromatic hydroxyl groups is 2. The van der Waals surface area contributed by atoms with E-state index in [1.807, 2.05) is 35.9 Å². The summed E-state index contributed by atoms with van der Waals surface area (Å²) < 4.78 is 2.02. The minimum absolute atomic E-state index is 0.225. The molecule has 0 aliphatic carbocycles. The minimum atomic E-state index is -0.941. The van der Waals surface area contributed by atoms with Gasteiger partial charge in [0.05, 0.1) is 6.04 Å². The van der Waals surface area contributed by atoms with Gasteiger partial charge in [-0.3, -0.25) is 10.1 Å². The Morgan fingerprint density at radius 1 is 1.16 bits per heavy atom. The van der Waals surface area contributed by atoms with Crippen LogP contribution >= 0.6 is 0 Å². The molecule has 0 amide bonds. The minimum Gasteiger partial charge on any atom is -0.504 e. The summed E-state index contributed by atoms with van der Waals surface area (Å²) in [5, 5.41) is 33.8. The molecule has 1 aromatic heterocycles. The van der Waals surface area contributed by atoms with E-state index in [1.165, 1.54) is 6.07 Å². The number of phenolic OH excluding ortho intramolecular Hbond substituents is 2. The molecule has 4 rings (SSSR count). The quantitative estimate of drug-likeness (QED) is 0.538. The molecule has 0 spiro atoms. The number of carbonyl (C=O) groups is 1. The molecule has 2 heterocycles. The number of carboxylic acid groups (broad SMARTS) is 1. The van der Waals surface area contributed by atoms with Gasteiger partial charge in [0.15, 0.2) is 11.5 Å². The molecule has 2 atom stereocenters. The van der Waals surface area contributed by atoms with E-state index in [2.05, 4.69) is 5.32 Å². The molecule has 0 fully saturated rings. The second-order valence-electron chi connectivity index (χ2n) is 6.35. The van der Waals surface area contributed by atoms with Crippen molar-refractivity contribution < 1.29 is 20.1 Å². The third-order valence-corrected chi connectivity index (χ3v) is 4.97. The average Bonchev–Trinajstić information content (AvgIpc) is 2.90. The molecule has 1 unspecified atom stereocenters. The zero-order valence-electron chi connectivity index (χ0n) is 13.6. The number of nitrogens with zero attached hydrogens (tertiary/aromatic N) is 1. The lowest BCUT2D eigenvalue weighted by Crippen LogP contribution is -2.45. The Morgan fingerprint density at radius 3 is 2.68 bits per heavy atom. The lowest BCUT2D eigenvalue weighted by atomic mass is 9.89. The predicted octanol–water partition coefficient (Wildman–Crippen LogP) is 2.28. The van der Waals surface area contributed by atoms with Gasteiger partial charge in [0.25, 0.3) is 0 Å². The first-order valence-electron chi connectivity index (χ1n) is 8.05. The smallest absolute Gasteiger partial charge is 0.321 e. The van der Waals surface area contributed by atoms with Gasteiger partial charge in [-0.05, 0) is 17.7 Å². The van der Waals surface area contributed by atoms with Crippen molar-refractivity contribution in [1.29, 1.82) is 0 Å². The summed E-state index contributed by atoms with van der Waals surface area (Å²) >= 11 is 0. The van der Waals surface area contributed by atoms with Crippen LogP contribution in [0.4, 0.5) is 0 Å². The topological polar surface area (TPSA) is 94.7 Å². The van der Waals surface area contributed by atoms with E-state index in [4.69, 9.17) is 0 Å². The highest BCUT2D eigenvalue weighted by Crippen LogP contribution is 2.41. The van der Waals surface area contributed by atoms with Crippen LogP contribution in [-0.4, -0.2) is 31.9 Å². The van der Waals surface area contributed by atoms with Crippen LogP contribution in [0.3, 0.4) is 0 Å². The third-order valence-electron chi connectivity index (χ3n) is 4.97. The number of phenols is 2. The highest BCUT2D eigenvalue weighted by atomic mass is 16.4. The number of aliphatic carboxylic acids is 1. The molecule has 4 N–H and O–H groups in total. The molecule has 0 saturated carbocycles. The zero-order valence-corrected chi connectivity index (χ0v) is 13.6. The van der Waals surface area contributed by atoms with E-state index in [1.54, 1.807) is 12.1 Å². The van der Waals surface area contributed by atoms with Crippen molar-refractivity contribution in [2.24, 2.45) is 7.05 Å². The lowest BCUT2D eigenvalue weighted by Gasteiger charge is -2.31. The highest BCUT2D eigenvalue weighted by Gasteiger charge is 2.36. The Morgan fingerprint density at radius 2 is 1.92 bits per heavy atom. The van der Waals surface area contributed by atoms with Crippen molar-refractivity contribution >= 4 is 16.9 Å². The molecule has 6 heteroatoms. The molecule has 0 radical (unpaired) electrons. The number of benzene rings is 2. The van der Waals surface area contributed by atoms with E-state index < -0.39 is 18.1 Å². The number of carboxylic acids is 1. The van der Waals surface area contributed by atoms with Gasteiger partial charge in [0.1, 0.15) is 6.04 Å². The van der Waals surface area contributed by atoms with Gasteiger partial charge < -0.3 is 19.9 Å². The van der Waals surface area contributed by atoms with Crippen LogP contribution in [0.1, 0.15) is 22.9 Å². The molecule has 6 nitrogen and oxygen atoms in total. The van der Waals surface area contributed by atoms with Gasteiger partial charge in [-0.1, -0.05) is 30.3 Å². The first-order chi connectivity index (χ1) is 12.0. The van der Waals surface area contributed by atoms with Crippen LogP contribution in [-0.2, 0) is 18.3 Å². The van der Waals surface area contributed by atoms with Crippen LogP contribution in [0, 0.1) is 0 Å². The van der Waals surface area contributed by atoms with Crippen molar-refractivity contribution in [3.05, 3.63) is 59.3 Å². The van der Waals surface area contributed by atoms with Crippen LogP contribution in [0.15, 0.2) is 42.5 Å². The average molecular weight is 338 g/mol. The Labute approximate surface area is 144 Å². The van der Waals surface area contributed by atoms with Gasteiger partial charge in [0.2, 0.25) is 0 Å². The molecule has 1 aliphatic heterocycles. The first kappa shape index (κ1) is 15.5. The number of hydrogen-bond acceptors (Lipinski definition) is 4. The molecule has 1 aliphatic rings. The Kier molecular flexibility index (Phi) is 3.43. The number of aromatic nitrogens is 1. The van der Waals surface area contributed by atoms with E-state index >= 15 is 0 Å². The van der Waals surface area contributed by atoms with Crippen molar-refractivity contribution in [2.45, 2.75) is 18.5 Å². The van der Waals surface area contributed by atoms with Gasteiger partial charge in [-0.25, -0.2) is 0 Å². The summed E-state index contributed by atoms with van der Waals surface area (Å²) in [5.41, 5.74) is 3.32. The van der Waals surface area contributed by atoms with E-state index in [0.717, 1.165) is 22.2 Å². The second kappa shape index (κ2) is 5.53. The van der Waals surface area contributed by atoms with Crippen molar-refractivity contribution in [2.75, 3.05) is 0 Å². The summed E-state index contributed by atoms with van der Waals surface area (Å²) in [4.78, 5) is 11.7. The van der Waals surface area contributed by atoms with Crippen LogP contribution in [0.5, 0.6) is 11.5 Å². The molecular weight excluding hydrogens is 320 g/mol. The molecule has 3 aromatic rings. The third kappa shape index (κ3) is 2.26. The highest BCUT2D eigenvalue weighted by molar-refractivity contribution is 5.88. The Hall–Kier alpha value is -2.99. The zero-order chi connectivity index (χ0) is 17.7. The van der Waals surface area contributed by atoms with Crippen molar-refractivity contribution in [1.82, 2.24) is 9.88 Å². The number of para-hydroxylation sites is 2. The maximum Gasteiger partial charge on any atom is 0.321 e. The summed E-state index contributed by atoms with van der Waals surface area (Å²) in [5.74, 6) is -1.40. The Bertz CT molecular complexity index is 992. The second-order valence-corrected chi connectivity index (χ2v) is 6.35. The largest absolute Gasteiger partial charge is 0.504 e. The van der Waals surface area contributed by atoms with E-state index in [-0.39, 0.29) is 11.5 Å². The molecule has 0 saturated heterocycles. The van der Waals surface area contributed by atoms with Crippen LogP contribution < -0.4 is 5.32 Å². The normalized spacial score (nSPS) is 19.7. The van der Waals surface area contributed by atoms with Crippen LogP contribution in [0.2, 0.25) is 0 Å². The SMILES string of the molecule is Cn1c2c(c3ccccc31)C[C@H](C(=O)O)NC2c1cccc(O)c1O. The number of hydrogen-bond donors (Lipinski definition) is 4. The fraction of sp³-hybridized carbons (Fsp3) is 0.211. The predicted molar refractivity (Wildman–Crippen MR) is 92.8 cm³/mol. The number of nitrogens with one attached hydrogen (secondary N) is 1. The van der Waals surface area contributed by atoms with Gasteiger partial charge >= 0.3 is 5.97 Å². The molecule has 25 heavy (non-hydrogen) atoms. The molecular formula is C19H18N2O4. The number of fused-ring (bicyclic) bond motifs is 3.